The zero-order chi connectivity index (χ0) is 29.5. The summed E-state index contributed by atoms with van der Waals surface area (Å²) in [7, 11) is 0. The van der Waals surface area contributed by atoms with Crippen LogP contribution in [-0.2, 0) is 19.9 Å². The van der Waals surface area contributed by atoms with Crippen molar-refractivity contribution in [3.8, 4) is 0 Å². The molecular weight excluding hydrogens is 506 g/mol. The molecule has 40 heavy (non-hydrogen) atoms. The number of hydrogen-bond donors (Lipinski definition) is 3. The highest BCUT2D eigenvalue weighted by Crippen LogP contribution is 2.33. The summed E-state index contributed by atoms with van der Waals surface area (Å²) < 4.78 is 5.74. The van der Waals surface area contributed by atoms with Gasteiger partial charge in [0.1, 0.15) is 12.2 Å². The summed E-state index contributed by atoms with van der Waals surface area (Å²) in [6.45, 7) is 14.9. The molecule has 0 saturated heterocycles. The Morgan fingerprint density at radius 2 is 1.65 bits per heavy atom. The maximum atomic E-state index is 10.9. The van der Waals surface area contributed by atoms with Gasteiger partial charge in [0.05, 0.1) is 30.1 Å². The summed E-state index contributed by atoms with van der Waals surface area (Å²) in [5.41, 5.74) is 7.25. The third kappa shape index (κ3) is 6.81. The zero-order valence-electron chi connectivity index (χ0n) is 24.1. The molecule has 2 aromatic carbocycles. The Bertz CT molecular complexity index is 1470. The van der Waals surface area contributed by atoms with Gasteiger partial charge in [-0.15, -0.1) is 0 Å². The molecule has 0 radical (unpaired) electrons. The van der Waals surface area contributed by atoms with E-state index < -0.39 is 5.60 Å². The highest BCUT2D eigenvalue weighted by atomic mass is 16.5. The molecule has 0 bridgehead atoms. The number of ether oxygens (including phenoxy) is 1. The molecule has 3 heterocycles. The number of aliphatic imine (C=N–C) groups is 1. The predicted octanol–water partition coefficient (Wildman–Crippen LogP) is 5.12. The van der Waals surface area contributed by atoms with Crippen LogP contribution >= 0.6 is 0 Å². The van der Waals surface area contributed by atoms with Crippen molar-refractivity contribution in [2.45, 2.75) is 65.5 Å². The molecule has 0 amide bonds. The van der Waals surface area contributed by atoms with Gasteiger partial charge in [0.15, 0.2) is 0 Å². The lowest BCUT2D eigenvalue weighted by Gasteiger charge is -2.25. The number of aromatic nitrogens is 4. The second-order valence-electron chi connectivity index (χ2n) is 10.6. The standard InChI is InChI=1S/C17H21N3O2.C13H16N2.CO2/c1-11-12(15-20-16(2,3)9-22-15)6-5-7-13(11)17(4,21)14-8-18-10-19-14;1-9-5-4-6-12(10(9)2)11(3)13-7-14-8-15-13;2-1-3/h5-8,10,21H,9H2,1-4H3,(H,18,19);4-8,11H,1-3H3,(H,14,15);. The number of nitrogens with one attached hydrogen (secondary N) is 2. The highest BCUT2D eigenvalue weighted by Gasteiger charge is 2.32. The summed E-state index contributed by atoms with van der Waals surface area (Å²) in [6, 6.07) is 12.3. The molecular formula is C31H37N5O4. The minimum atomic E-state index is -1.15. The Kier molecular flexibility index (Phi) is 9.58. The first-order valence-corrected chi connectivity index (χ1v) is 13.0. The maximum absolute atomic E-state index is 10.9. The lowest BCUT2D eigenvalue weighted by Crippen LogP contribution is -2.25. The van der Waals surface area contributed by atoms with Crippen molar-refractivity contribution in [1.82, 2.24) is 19.9 Å². The number of rotatable bonds is 5. The van der Waals surface area contributed by atoms with Crippen molar-refractivity contribution >= 4 is 12.0 Å². The van der Waals surface area contributed by atoms with Crippen LogP contribution in [0.3, 0.4) is 0 Å². The number of aromatic amines is 2. The summed E-state index contributed by atoms with van der Waals surface area (Å²) in [6.07, 6.45) is 7.08. The van der Waals surface area contributed by atoms with Gasteiger partial charge in [0, 0.05) is 23.4 Å². The SMILES string of the molecule is Cc1c(C2=NC(C)(C)CO2)cccc1C(C)(O)c1cnc[nH]1.Cc1cccc(C(C)c2cnc[nH]2)c1C.O=C=O. The van der Waals surface area contributed by atoms with E-state index in [0.29, 0.717) is 24.1 Å². The molecule has 0 aliphatic carbocycles. The van der Waals surface area contributed by atoms with Gasteiger partial charge in [0.2, 0.25) is 5.90 Å². The number of hydrogen-bond acceptors (Lipinski definition) is 7. The number of nitrogens with zero attached hydrogens (tertiary/aromatic N) is 3. The van der Waals surface area contributed by atoms with E-state index in [-0.39, 0.29) is 11.7 Å². The lowest BCUT2D eigenvalue weighted by molar-refractivity contribution is -0.191. The van der Waals surface area contributed by atoms with Crippen molar-refractivity contribution in [1.29, 1.82) is 0 Å². The Balaban J connectivity index is 0.000000213. The largest absolute Gasteiger partial charge is 0.475 e. The Hall–Kier alpha value is -4.33. The fourth-order valence-electron chi connectivity index (χ4n) is 4.70. The summed E-state index contributed by atoms with van der Waals surface area (Å²) in [4.78, 5) is 35.1. The molecule has 9 nitrogen and oxygen atoms in total. The van der Waals surface area contributed by atoms with Crippen LogP contribution < -0.4 is 0 Å². The Labute approximate surface area is 234 Å². The average molecular weight is 544 g/mol. The van der Waals surface area contributed by atoms with Gasteiger partial charge in [-0.2, -0.15) is 9.59 Å². The number of H-pyrrole nitrogens is 2. The van der Waals surface area contributed by atoms with Crippen molar-refractivity contribution in [2.75, 3.05) is 6.61 Å². The first-order valence-electron chi connectivity index (χ1n) is 13.0. The van der Waals surface area contributed by atoms with E-state index in [0.717, 1.165) is 16.7 Å². The van der Waals surface area contributed by atoms with Crippen LogP contribution in [0.25, 0.3) is 0 Å². The third-order valence-electron chi connectivity index (χ3n) is 7.18. The first kappa shape index (κ1) is 30.2. The van der Waals surface area contributed by atoms with Gasteiger partial charge >= 0.3 is 6.15 Å². The van der Waals surface area contributed by atoms with Crippen LogP contribution in [0, 0.1) is 20.8 Å². The zero-order valence-corrected chi connectivity index (χ0v) is 24.1. The van der Waals surface area contributed by atoms with Crippen LogP contribution in [0.1, 0.15) is 78.4 Å². The van der Waals surface area contributed by atoms with Gasteiger partial charge in [-0.05, 0) is 75.4 Å². The number of aliphatic hydroxyl groups is 1. The number of aryl methyl sites for hydroxylation is 1. The molecule has 2 atom stereocenters. The van der Waals surface area contributed by atoms with Gasteiger partial charge in [-0.3, -0.25) is 0 Å². The second kappa shape index (κ2) is 12.7. The smallest absolute Gasteiger partial charge is 0.373 e. The predicted molar refractivity (Wildman–Crippen MR) is 152 cm³/mol. The van der Waals surface area contributed by atoms with Crippen molar-refractivity contribution < 1.29 is 19.4 Å². The Morgan fingerprint density at radius 1 is 1.00 bits per heavy atom. The van der Waals surface area contributed by atoms with Crippen molar-refractivity contribution in [2.24, 2.45) is 4.99 Å². The summed E-state index contributed by atoms with van der Waals surface area (Å²) >= 11 is 0. The molecule has 0 saturated carbocycles. The number of carbonyl (C=O) groups excluding carboxylic acids is 2. The molecule has 5 rings (SSSR count). The molecule has 9 heteroatoms. The normalized spacial score (nSPS) is 15.7. The molecule has 1 aliphatic heterocycles. The van der Waals surface area contributed by atoms with Crippen LogP contribution in [0.4, 0.5) is 0 Å². The monoisotopic (exact) mass is 543 g/mol. The summed E-state index contributed by atoms with van der Waals surface area (Å²) in [5.74, 6) is 1.03. The van der Waals surface area contributed by atoms with Crippen molar-refractivity contribution in [3.63, 3.8) is 0 Å². The van der Waals surface area contributed by atoms with Crippen molar-refractivity contribution in [3.05, 3.63) is 106 Å². The second-order valence-corrected chi connectivity index (χ2v) is 10.6. The molecule has 2 aromatic heterocycles. The Morgan fingerprint density at radius 3 is 2.23 bits per heavy atom. The minimum Gasteiger partial charge on any atom is -0.475 e. The third-order valence-corrected chi connectivity index (χ3v) is 7.18. The van der Waals surface area contributed by atoms with E-state index in [1.54, 1.807) is 25.8 Å². The maximum Gasteiger partial charge on any atom is 0.373 e. The highest BCUT2D eigenvalue weighted by molar-refractivity contribution is 5.97. The van der Waals surface area contributed by atoms with Crippen LogP contribution in [-0.4, -0.2) is 49.2 Å². The molecule has 2 unspecified atom stereocenters. The summed E-state index contributed by atoms with van der Waals surface area (Å²) in [5, 5.41) is 10.9. The van der Waals surface area contributed by atoms with Gasteiger partial charge in [-0.25, -0.2) is 15.0 Å². The van der Waals surface area contributed by atoms with E-state index >= 15 is 0 Å². The fourth-order valence-corrected chi connectivity index (χ4v) is 4.70. The van der Waals surface area contributed by atoms with Gasteiger partial charge in [-0.1, -0.05) is 37.3 Å². The van der Waals surface area contributed by atoms with E-state index in [2.05, 4.69) is 63.9 Å². The lowest BCUT2D eigenvalue weighted by atomic mass is 9.87. The minimum absolute atomic E-state index is 0.205. The van der Waals surface area contributed by atoms with Gasteiger partial charge in [0.25, 0.3) is 0 Å². The van der Waals surface area contributed by atoms with Crippen LogP contribution in [0.15, 0.2) is 66.4 Å². The van der Waals surface area contributed by atoms with E-state index in [4.69, 9.17) is 14.3 Å². The molecule has 210 valence electrons. The molecule has 4 aromatic rings. The van der Waals surface area contributed by atoms with Gasteiger partial charge < -0.3 is 19.8 Å². The molecule has 0 spiro atoms. The van der Waals surface area contributed by atoms with E-state index in [1.807, 2.05) is 45.2 Å². The number of imidazole rings is 2. The molecule has 1 aliphatic rings. The molecule has 3 N–H and O–H groups in total. The van der Waals surface area contributed by atoms with Crippen LogP contribution in [0.5, 0.6) is 0 Å². The number of benzene rings is 2. The van der Waals surface area contributed by atoms with E-state index in [1.165, 1.54) is 22.4 Å². The average Bonchev–Trinajstić information content (AvgIpc) is 3.69. The van der Waals surface area contributed by atoms with E-state index in [9.17, 15) is 5.11 Å². The topological polar surface area (TPSA) is 133 Å². The first-order chi connectivity index (χ1) is 18.9. The van der Waals surface area contributed by atoms with Crippen LogP contribution in [0.2, 0.25) is 0 Å². The fraction of sp³-hybridized carbons (Fsp3) is 0.355. The molecule has 0 fully saturated rings. The quantitative estimate of drug-likeness (QED) is 0.320.